The van der Waals surface area contributed by atoms with Crippen LogP contribution in [0.15, 0.2) is 34.1 Å². The Kier molecular flexibility index (Phi) is 3.97. The van der Waals surface area contributed by atoms with Crippen LogP contribution in [0.25, 0.3) is 11.4 Å². The smallest absolute Gasteiger partial charge is 0.342 e. The van der Waals surface area contributed by atoms with Crippen LogP contribution in [0.1, 0.15) is 10.4 Å². The molecule has 22 heavy (non-hydrogen) atoms. The van der Waals surface area contributed by atoms with Gasteiger partial charge in [-0.2, -0.15) is 0 Å². The molecule has 0 saturated carbocycles. The van der Waals surface area contributed by atoms with Crippen LogP contribution < -0.4 is 15.4 Å². The summed E-state index contributed by atoms with van der Waals surface area (Å²) in [6, 6.07) is 3.76. The van der Waals surface area contributed by atoms with Crippen LogP contribution in [0, 0.1) is 0 Å². The van der Waals surface area contributed by atoms with Gasteiger partial charge < -0.3 is 14.8 Å². The maximum Gasteiger partial charge on any atom is 0.342 e. The minimum atomic E-state index is -3.96. The second-order valence-electron chi connectivity index (χ2n) is 4.19. The third kappa shape index (κ3) is 2.97. The second kappa shape index (κ2) is 5.58. The minimum Gasteiger partial charge on any atom is -0.496 e. The lowest BCUT2D eigenvalue weighted by molar-refractivity contribution is 0.0694. The number of methoxy groups -OCH3 is 1. The molecule has 2 aromatic rings. The van der Waals surface area contributed by atoms with Crippen molar-refractivity contribution >= 4 is 16.0 Å². The molecule has 0 radical (unpaired) electrons. The van der Waals surface area contributed by atoms with Crippen molar-refractivity contribution in [1.29, 1.82) is 0 Å². The number of aromatic amines is 1. The zero-order valence-electron chi connectivity index (χ0n) is 11.2. The minimum absolute atomic E-state index is 0.0441. The SMILES string of the molecule is COc1ccc(S(N)(=O)=O)cc1-c1ncc(C(=O)O)c(=O)[nH]1. The third-order valence-electron chi connectivity index (χ3n) is 2.78. The Morgan fingerprint density at radius 2 is 2.09 bits per heavy atom. The molecule has 0 spiro atoms. The van der Waals surface area contributed by atoms with Crippen LogP contribution >= 0.6 is 0 Å². The van der Waals surface area contributed by atoms with E-state index in [4.69, 9.17) is 15.0 Å². The molecule has 1 heterocycles. The first kappa shape index (κ1) is 15.7. The van der Waals surface area contributed by atoms with E-state index in [-0.39, 0.29) is 22.0 Å². The van der Waals surface area contributed by atoms with Gasteiger partial charge in [-0.15, -0.1) is 0 Å². The molecule has 0 aliphatic heterocycles. The van der Waals surface area contributed by atoms with Gasteiger partial charge in [-0.3, -0.25) is 4.79 Å². The topological polar surface area (TPSA) is 152 Å². The highest BCUT2D eigenvalue weighted by atomic mass is 32.2. The number of hydrogen-bond acceptors (Lipinski definition) is 6. The van der Waals surface area contributed by atoms with Gasteiger partial charge in [-0.05, 0) is 18.2 Å². The van der Waals surface area contributed by atoms with Gasteiger partial charge in [0.2, 0.25) is 10.0 Å². The van der Waals surface area contributed by atoms with Crippen LogP contribution in [-0.2, 0) is 10.0 Å². The summed E-state index contributed by atoms with van der Waals surface area (Å²) >= 11 is 0. The number of H-pyrrole nitrogens is 1. The molecule has 1 aromatic carbocycles. The number of carbonyl (C=O) groups is 1. The fourth-order valence-electron chi connectivity index (χ4n) is 1.73. The summed E-state index contributed by atoms with van der Waals surface area (Å²) in [5, 5.41) is 13.8. The van der Waals surface area contributed by atoms with E-state index in [1.807, 2.05) is 0 Å². The first-order valence-electron chi connectivity index (χ1n) is 5.78. The van der Waals surface area contributed by atoms with Gasteiger partial charge in [-0.1, -0.05) is 0 Å². The number of ether oxygens (including phenoxy) is 1. The maximum absolute atomic E-state index is 11.7. The number of sulfonamides is 1. The number of aromatic carboxylic acids is 1. The second-order valence-corrected chi connectivity index (χ2v) is 5.75. The van der Waals surface area contributed by atoms with Crippen molar-refractivity contribution < 1.29 is 23.1 Å². The van der Waals surface area contributed by atoms with Gasteiger partial charge in [0.05, 0.1) is 17.6 Å². The fraction of sp³-hybridized carbons (Fsp3) is 0.0833. The fourth-order valence-corrected chi connectivity index (χ4v) is 2.27. The van der Waals surface area contributed by atoms with Crippen molar-refractivity contribution in [2.45, 2.75) is 4.90 Å². The summed E-state index contributed by atoms with van der Waals surface area (Å²) in [7, 11) is -2.61. The number of nitrogens with one attached hydrogen (secondary N) is 1. The number of carboxylic acid groups (broad SMARTS) is 1. The van der Waals surface area contributed by atoms with E-state index >= 15 is 0 Å². The number of nitrogens with two attached hydrogens (primary N) is 1. The van der Waals surface area contributed by atoms with E-state index < -0.39 is 27.1 Å². The Bertz CT molecular complexity index is 903. The van der Waals surface area contributed by atoms with E-state index in [1.165, 1.54) is 25.3 Å². The summed E-state index contributed by atoms with van der Waals surface area (Å²) in [4.78, 5) is 28.3. The quantitative estimate of drug-likeness (QED) is 0.703. The Labute approximate surface area is 124 Å². The van der Waals surface area contributed by atoms with Crippen LogP contribution in [0.5, 0.6) is 5.75 Å². The lowest BCUT2D eigenvalue weighted by Crippen LogP contribution is -2.19. The van der Waals surface area contributed by atoms with Crippen molar-refractivity contribution in [3.8, 4) is 17.1 Å². The molecule has 0 amide bonds. The third-order valence-corrected chi connectivity index (χ3v) is 3.70. The van der Waals surface area contributed by atoms with Gasteiger partial charge in [-0.25, -0.2) is 23.3 Å². The Morgan fingerprint density at radius 1 is 1.41 bits per heavy atom. The number of aromatic nitrogens is 2. The maximum atomic E-state index is 11.7. The highest BCUT2D eigenvalue weighted by Crippen LogP contribution is 2.29. The molecule has 4 N–H and O–H groups in total. The number of nitrogens with zero attached hydrogens (tertiary/aromatic N) is 1. The Balaban J connectivity index is 2.68. The van der Waals surface area contributed by atoms with Gasteiger partial charge >= 0.3 is 5.97 Å². The van der Waals surface area contributed by atoms with Crippen molar-refractivity contribution in [2.24, 2.45) is 5.14 Å². The molecule has 0 fully saturated rings. The van der Waals surface area contributed by atoms with E-state index in [1.54, 1.807) is 0 Å². The summed E-state index contributed by atoms with van der Waals surface area (Å²) in [5.41, 5.74) is -1.26. The molecule has 0 saturated heterocycles. The van der Waals surface area contributed by atoms with Crippen LogP contribution in [0.4, 0.5) is 0 Å². The molecule has 0 unspecified atom stereocenters. The molecule has 116 valence electrons. The van der Waals surface area contributed by atoms with Crippen LogP contribution in [-0.4, -0.2) is 36.6 Å². The zero-order chi connectivity index (χ0) is 16.5. The molecule has 1 aromatic heterocycles. The molecule has 2 rings (SSSR count). The van der Waals surface area contributed by atoms with Gasteiger partial charge in [0.25, 0.3) is 5.56 Å². The molecule has 0 atom stereocenters. The van der Waals surface area contributed by atoms with Crippen molar-refractivity contribution in [3.05, 3.63) is 40.3 Å². The number of rotatable bonds is 4. The summed E-state index contributed by atoms with van der Waals surface area (Å²) < 4.78 is 27.9. The first-order valence-corrected chi connectivity index (χ1v) is 7.32. The average Bonchev–Trinajstić information content (AvgIpc) is 2.45. The molecule has 10 heteroatoms. The highest BCUT2D eigenvalue weighted by Gasteiger charge is 2.16. The average molecular weight is 325 g/mol. The number of hydrogen-bond donors (Lipinski definition) is 3. The lowest BCUT2D eigenvalue weighted by Gasteiger charge is -2.09. The van der Waals surface area contributed by atoms with E-state index in [2.05, 4.69) is 9.97 Å². The number of carboxylic acids is 1. The van der Waals surface area contributed by atoms with Crippen LogP contribution in [0.3, 0.4) is 0 Å². The zero-order valence-corrected chi connectivity index (χ0v) is 12.0. The standard InChI is InChI=1S/C12H11N3O6S/c1-21-9-3-2-6(22(13,19)20)4-7(9)10-14-5-8(12(17)18)11(16)15-10/h2-5H,1H3,(H,17,18)(H2,13,19,20)(H,14,15,16). The highest BCUT2D eigenvalue weighted by molar-refractivity contribution is 7.89. The molecule has 9 nitrogen and oxygen atoms in total. The number of primary sulfonamides is 1. The molecular weight excluding hydrogens is 314 g/mol. The normalized spacial score (nSPS) is 11.2. The van der Waals surface area contributed by atoms with Gasteiger partial charge in [0.1, 0.15) is 17.1 Å². The Morgan fingerprint density at radius 3 is 2.59 bits per heavy atom. The Hall–Kier alpha value is -2.72. The molecular formula is C12H11N3O6S. The summed E-state index contributed by atoms with van der Waals surface area (Å²) in [5.74, 6) is -1.23. The predicted octanol–water partition coefficient (Wildman–Crippen LogP) is -0.209. The number of benzene rings is 1. The largest absolute Gasteiger partial charge is 0.496 e. The van der Waals surface area contributed by atoms with Crippen molar-refractivity contribution in [2.75, 3.05) is 7.11 Å². The first-order chi connectivity index (χ1) is 10.2. The van der Waals surface area contributed by atoms with E-state index in [0.29, 0.717) is 0 Å². The van der Waals surface area contributed by atoms with Crippen molar-refractivity contribution in [3.63, 3.8) is 0 Å². The van der Waals surface area contributed by atoms with Gasteiger partial charge in [0.15, 0.2) is 0 Å². The summed E-state index contributed by atoms with van der Waals surface area (Å²) in [6.45, 7) is 0. The lowest BCUT2D eigenvalue weighted by atomic mass is 10.2. The van der Waals surface area contributed by atoms with Crippen LogP contribution in [0.2, 0.25) is 0 Å². The molecule has 0 aliphatic rings. The summed E-state index contributed by atoms with van der Waals surface area (Å²) in [6.07, 6.45) is 0.875. The molecule has 0 aliphatic carbocycles. The monoisotopic (exact) mass is 325 g/mol. The molecule has 0 bridgehead atoms. The van der Waals surface area contributed by atoms with Gasteiger partial charge in [0, 0.05) is 6.20 Å². The van der Waals surface area contributed by atoms with E-state index in [0.717, 1.165) is 6.20 Å². The predicted molar refractivity (Wildman–Crippen MR) is 75.2 cm³/mol. The van der Waals surface area contributed by atoms with E-state index in [9.17, 15) is 18.0 Å². The van der Waals surface area contributed by atoms with Crippen molar-refractivity contribution in [1.82, 2.24) is 9.97 Å².